The zero-order chi connectivity index (χ0) is 15.0. The molecule has 0 saturated carbocycles. The minimum atomic E-state index is -0.329. The summed E-state index contributed by atoms with van der Waals surface area (Å²) in [4.78, 5) is 11.9. The SMILES string of the molecule is COC(=O)C(CNC(C)C(CO)SC)c1ccccc1. The van der Waals surface area contributed by atoms with Gasteiger partial charge in [-0.15, -0.1) is 0 Å². The summed E-state index contributed by atoms with van der Waals surface area (Å²) in [6.07, 6.45) is 1.97. The Kier molecular flexibility index (Phi) is 7.65. The number of nitrogens with one attached hydrogen (secondary N) is 1. The number of benzene rings is 1. The topological polar surface area (TPSA) is 58.6 Å². The average molecular weight is 297 g/mol. The normalized spacial score (nSPS) is 15.4. The van der Waals surface area contributed by atoms with E-state index in [1.54, 1.807) is 11.8 Å². The van der Waals surface area contributed by atoms with Crippen molar-refractivity contribution in [3.05, 3.63) is 35.9 Å². The zero-order valence-electron chi connectivity index (χ0n) is 12.2. The van der Waals surface area contributed by atoms with Crippen LogP contribution in [0.3, 0.4) is 0 Å². The lowest BCUT2D eigenvalue weighted by atomic mass is 9.99. The van der Waals surface area contributed by atoms with E-state index >= 15 is 0 Å². The highest BCUT2D eigenvalue weighted by molar-refractivity contribution is 7.99. The Balaban J connectivity index is 2.70. The summed E-state index contributed by atoms with van der Waals surface area (Å²) in [7, 11) is 1.40. The number of aliphatic hydroxyl groups excluding tert-OH is 1. The van der Waals surface area contributed by atoms with E-state index in [2.05, 4.69) is 5.32 Å². The van der Waals surface area contributed by atoms with Gasteiger partial charge in [0, 0.05) is 17.8 Å². The quantitative estimate of drug-likeness (QED) is 0.715. The third-order valence-electron chi connectivity index (χ3n) is 3.37. The number of rotatable bonds is 8. The highest BCUT2D eigenvalue weighted by Gasteiger charge is 2.23. The summed E-state index contributed by atoms with van der Waals surface area (Å²) in [5.74, 6) is -0.578. The van der Waals surface area contributed by atoms with Gasteiger partial charge in [-0.05, 0) is 18.7 Å². The first kappa shape index (κ1) is 17.0. The molecule has 0 amide bonds. The molecule has 0 fully saturated rings. The van der Waals surface area contributed by atoms with Crippen molar-refractivity contribution in [2.45, 2.75) is 24.1 Å². The van der Waals surface area contributed by atoms with Crippen molar-refractivity contribution in [1.29, 1.82) is 0 Å². The number of ether oxygens (including phenoxy) is 1. The standard InChI is InChI=1S/C15H23NO3S/c1-11(14(10-17)20-3)16-9-13(15(18)19-2)12-7-5-4-6-8-12/h4-8,11,13-14,16-17H,9-10H2,1-3H3. The van der Waals surface area contributed by atoms with Crippen LogP contribution in [0.1, 0.15) is 18.4 Å². The fourth-order valence-corrected chi connectivity index (χ4v) is 2.69. The van der Waals surface area contributed by atoms with E-state index in [0.717, 1.165) is 5.56 Å². The summed E-state index contributed by atoms with van der Waals surface area (Å²) >= 11 is 1.61. The first-order valence-corrected chi connectivity index (χ1v) is 7.92. The van der Waals surface area contributed by atoms with Gasteiger partial charge in [-0.25, -0.2) is 0 Å². The van der Waals surface area contributed by atoms with E-state index in [0.29, 0.717) is 6.54 Å². The van der Waals surface area contributed by atoms with Crippen molar-refractivity contribution in [2.24, 2.45) is 0 Å². The van der Waals surface area contributed by atoms with Crippen LogP contribution in [0.15, 0.2) is 30.3 Å². The van der Waals surface area contributed by atoms with Crippen LogP contribution in [0.5, 0.6) is 0 Å². The van der Waals surface area contributed by atoms with Gasteiger partial charge in [-0.1, -0.05) is 30.3 Å². The van der Waals surface area contributed by atoms with E-state index < -0.39 is 0 Å². The molecule has 0 aliphatic carbocycles. The number of hydrogen-bond acceptors (Lipinski definition) is 5. The molecule has 0 aromatic heterocycles. The van der Waals surface area contributed by atoms with E-state index in [9.17, 15) is 9.90 Å². The molecule has 0 aliphatic heterocycles. The third-order valence-corrected chi connectivity index (χ3v) is 4.53. The monoisotopic (exact) mass is 297 g/mol. The fraction of sp³-hybridized carbons (Fsp3) is 0.533. The molecular formula is C15H23NO3S. The molecule has 5 heteroatoms. The Morgan fingerprint density at radius 3 is 2.55 bits per heavy atom. The Morgan fingerprint density at radius 1 is 1.40 bits per heavy atom. The minimum absolute atomic E-state index is 0.115. The molecule has 0 spiro atoms. The lowest BCUT2D eigenvalue weighted by Gasteiger charge is -2.24. The number of carbonyl (C=O) groups excluding carboxylic acids is 1. The Bertz CT molecular complexity index is 395. The van der Waals surface area contributed by atoms with Crippen molar-refractivity contribution < 1.29 is 14.6 Å². The second-order valence-corrected chi connectivity index (χ2v) is 5.72. The Labute approximate surface area is 124 Å². The molecule has 1 rings (SSSR count). The largest absolute Gasteiger partial charge is 0.469 e. The van der Waals surface area contributed by atoms with Crippen molar-refractivity contribution in [2.75, 3.05) is 26.5 Å². The molecule has 20 heavy (non-hydrogen) atoms. The Morgan fingerprint density at radius 2 is 2.05 bits per heavy atom. The molecule has 3 atom stereocenters. The van der Waals surface area contributed by atoms with Crippen LogP contribution in [-0.4, -0.2) is 48.9 Å². The van der Waals surface area contributed by atoms with Gasteiger partial charge >= 0.3 is 5.97 Å². The molecule has 0 heterocycles. The van der Waals surface area contributed by atoms with Crippen LogP contribution in [-0.2, 0) is 9.53 Å². The van der Waals surface area contributed by atoms with E-state index in [-0.39, 0.29) is 29.8 Å². The Hall–Kier alpha value is -1.04. The van der Waals surface area contributed by atoms with Gasteiger partial charge in [-0.2, -0.15) is 11.8 Å². The maximum absolute atomic E-state index is 11.9. The van der Waals surface area contributed by atoms with Crippen LogP contribution >= 0.6 is 11.8 Å². The number of thioether (sulfide) groups is 1. The molecule has 2 N–H and O–H groups in total. The molecule has 0 radical (unpaired) electrons. The lowest BCUT2D eigenvalue weighted by Crippen LogP contribution is -2.41. The van der Waals surface area contributed by atoms with Gasteiger partial charge in [0.05, 0.1) is 19.6 Å². The molecule has 4 nitrogen and oxygen atoms in total. The second-order valence-electron chi connectivity index (χ2n) is 4.64. The maximum Gasteiger partial charge on any atom is 0.314 e. The van der Waals surface area contributed by atoms with Crippen LogP contribution in [0.2, 0.25) is 0 Å². The van der Waals surface area contributed by atoms with Crippen molar-refractivity contribution in [1.82, 2.24) is 5.32 Å². The maximum atomic E-state index is 11.9. The predicted molar refractivity (Wildman–Crippen MR) is 83.1 cm³/mol. The molecular weight excluding hydrogens is 274 g/mol. The first-order valence-electron chi connectivity index (χ1n) is 6.63. The summed E-state index contributed by atoms with van der Waals surface area (Å²) in [5, 5.41) is 12.7. The molecule has 0 bridgehead atoms. The number of aliphatic hydroxyl groups is 1. The van der Waals surface area contributed by atoms with Gasteiger partial charge in [0.25, 0.3) is 0 Å². The molecule has 1 aromatic carbocycles. The summed E-state index contributed by atoms with van der Waals surface area (Å²) in [5.41, 5.74) is 0.934. The smallest absolute Gasteiger partial charge is 0.314 e. The lowest BCUT2D eigenvalue weighted by molar-refractivity contribution is -0.142. The van der Waals surface area contributed by atoms with E-state index in [1.165, 1.54) is 7.11 Å². The zero-order valence-corrected chi connectivity index (χ0v) is 13.0. The molecule has 0 aliphatic rings. The van der Waals surface area contributed by atoms with Gasteiger partial charge in [0.15, 0.2) is 0 Å². The fourth-order valence-electron chi connectivity index (χ4n) is 2.04. The predicted octanol–water partition coefficient (Wildman–Crippen LogP) is 1.65. The number of esters is 1. The number of carbonyl (C=O) groups is 1. The third kappa shape index (κ3) is 4.81. The summed E-state index contributed by atoms with van der Waals surface area (Å²) in [6, 6.07) is 9.70. The summed E-state index contributed by atoms with van der Waals surface area (Å²) < 4.78 is 4.88. The molecule has 1 aromatic rings. The van der Waals surface area contributed by atoms with E-state index in [1.807, 2.05) is 43.5 Å². The van der Waals surface area contributed by atoms with Crippen LogP contribution in [0.4, 0.5) is 0 Å². The molecule has 3 unspecified atom stereocenters. The average Bonchev–Trinajstić information content (AvgIpc) is 2.49. The number of methoxy groups -OCH3 is 1. The van der Waals surface area contributed by atoms with Gasteiger partial charge in [-0.3, -0.25) is 4.79 Å². The van der Waals surface area contributed by atoms with Gasteiger partial charge in [0.2, 0.25) is 0 Å². The van der Waals surface area contributed by atoms with E-state index in [4.69, 9.17) is 4.74 Å². The molecule has 112 valence electrons. The highest BCUT2D eigenvalue weighted by atomic mass is 32.2. The van der Waals surface area contributed by atoms with Gasteiger partial charge < -0.3 is 15.2 Å². The first-order chi connectivity index (χ1) is 9.63. The number of hydrogen-bond donors (Lipinski definition) is 2. The highest BCUT2D eigenvalue weighted by Crippen LogP contribution is 2.17. The van der Waals surface area contributed by atoms with Crippen LogP contribution < -0.4 is 5.32 Å². The van der Waals surface area contributed by atoms with Crippen LogP contribution in [0.25, 0.3) is 0 Å². The summed E-state index contributed by atoms with van der Waals surface area (Å²) in [6.45, 7) is 2.62. The van der Waals surface area contributed by atoms with Gasteiger partial charge in [0.1, 0.15) is 0 Å². The molecule has 0 saturated heterocycles. The second kappa shape index (κ2) is 9.00. The van der Waals surface area contributed by atoms with Crippen molar-refractivity contribution >= 4 is 17.7 Å². The van der Waals surface area contributed by atoms with Crippen LogP contribution in [0, 0.1) is 0 Å². The van der Waals surface area contributed by atoms with Crippen molar-refractivity contribution in [3.8, 4) is 0 Å². The minimum Gasteiger partial charge on any atom is -0.469 e. The van der Waals surface area contributed by atoms with Crippen molar-refractivity contribution in [3.63, 3.8) is 0 Å².